The first-order valence-electron chi connectivity index (χ1n) is 4.60. The Kier molecular flexibility index (Phi) is 3.66. The van der Waals surface area contributed by atoms with E-state index in [-0.39, 0.29) is 0 Å². The molecule has 0 nitrogen and oxygen atoms in total. The molecule has 0 spiro atoms. The molecule has 17 heavy (non-hydrogen) atoms. The van der Waals surface area contributed by atoms with Crippen LogP contribution in [0.4, 0.5) is 17.6 Å². The number of hydrogen-bond donors (Lipinski definition) is 0. The van der Waals surface area contributed by atoms with Crippen molar-refractivity contribution in [2.45, 2.75) is 0 Å². The molecule has 2 aromatic carbocycles. The van der Waals surface area contributed by atoms with Gasteiger partial charge in [0.05, 0.1) is 0 Å². The molecule has 0 saturated heterocycles. The molecular weight excluding hydrogens is 347 g/mol. The van der Waals surface area contributed by atoms with Gasteiger partial charge in [0.15, 0.2) is 7.14 Å². The molecule has 0 aliphatic carbocycles. The average molecular weight is 353 g/mol. The summed E-state index contributed by atoms with van der Waals surface area (Å²) < 4.78 is 52.5. The Morgan fingerprint density at radius 2 is 0.824 bits per heavy atom. The summed E-state index contributed by atoms with van der Waals surface area (Å²) in [6.45, 7) is 0. The third-order valence-electron chi connectivity index (χ3n) is 1.87. The van der Waals surface area contributed by atoms with Crippen molar-refractivity contribution in [3.63, 3.8) is 0 Å². The molecule has 0 radical (unpaired) electrons. The third kappa shape index (κ3) is 3.42. The average Bonchev–Trinajstić information content (AvgIpc) is 2.13. The Balaban J connectivity index is 2.31. The molecule has 0 fully saturated rings. The largest absolute Gasteiger partial charge is 0.358 e. The van der Waals surface area contributed by atoms with Gasteiger partial charge in [-0.15, -0.1) is 0 Å². The van der Waals surface area contributed by atoms with Gasteiger partial charge < -0.3 is 0 Å². The van der Waals surface area contributed by atoms with Gasteiger partial charge in [0.2, 0.25) is 0 Å². The highest BCUT2D eigenvalue weighted by molar-refractivity contribution is 5.07. The van der Waals surface area contributed by atoms with Crippen molar-refractivity contribution in [1.29, 1.82) is 0 Å². The van der Waals surface area contributed by atoms with Gasteiger partial charge in [-0.25, -0.2) is 17.6 Å². The Morgan fingerprint density at radius 3 is 1.12 bits per heavy atom. The minimum Gasteiger partial charge on any atom is -0.207 e. The summed E-state index contributed by atoms with van der Waals surface area (Å²) in [5, 5.41) is 0. The summed E-state index contributed by atoms with van der Waals surface area (Å²) in [6.07, 6.45) is 0. The first-order valence-corrected chi connectivity index (χ1v) is 6.76. The van der Waals surface area contributed by atoms with Gasteiger partial charge in [0, 0.05) is 36.4 Å². The van der Waals surface area contributed by atoms with E-state index in [1.807, 2.05) is 0 Å². The van der Waals surface area contributed by atoms with Crippen LogP contribution in [0.15, 0.2) is 36.4 Å². The number of halogens is 5. The van der Waals surface area contributed by atoms with Crippen molar-refractivity contribution >= 4 is 0 Å². The molecule has 0 bridgehead atoms. The van der Waals surface area contributed by atoms with Crippen LogP contribution in [0.3, 0.4) is 0 Å². The summed E-state index contributed by atoms with van der Waals surface area (Å²) >= 11 is -0.998. The Hall–Kier alpha value is -1.11. The van der Waals surface area contributed by atoms with E-state index in [0.29, 0.717) is 7.14 Å². The fraction of sp³-hybridized carbons (Fsp3) is 0. The molecule has 2 rings (SSSR count). The molecule has 5 heteroatoms. The predicted molar refractivity (Wildman–Crippen MR) is 50.1 cm³/mol. The van der Waals surface area contributed by atoms with Gasteiger partial charge in [0.25, 0.3) is 0 Å². The molecule has 0 amide bonds. The monoisotopic (exact) mass is 353 g/mol. The van der Waals surface area contributed by atoms with Gasteiger partial charge in [-0.1, -0.05) is 0 Å². The number of rotatable bonds is 2. The number of benzene rings is 2. The lowest BCUT2D eigenvalue weighted by Crippen LogP contribution is -3.61. The van der Waals surface area contributed by atoms with E-state index in [1.54, 1.807) is 0 Å². The minimum atomic E-state index is -0.998. The molecule has 0 aromatic heterocycles. The standard InChI is InChI=1S/C12H6F4I/c13-7-1-8(14)4-11(3-7)17-12-5-9(15)2-10(16)6-12/h1-6H/q+1. The quantitative estimate of drug-likeness (QED) is 0.541. The zero-order chi connectivity index (χ0) is 12.4. The van der Waals surface area contributed by atoms with Crippen LogP contribution in [0.2, 0.25) is 0 Å². The number of hydrogen-bond acceptors (Lipinski definition) is 0. The lowest BCUT2D eigenvalue weighted by Gasteiger charge is -1.91. The normalized spacial score (nSPS) is 10.6. The summed E-state index contributed by atoms with van der Waals surface area (Å²) in [4.78, 5) is 0. The Bertz CT molecular complexity index is 464. The van der Waals surface area contributed by atoms with Crippen molar-refractivity contribution in [3.8, 4) is 0 Å². The van der Waals surface area contributed by atoms with E-state index < -0.39 is 44.5 Å². The Morgan fingerprint density at radius 1 is 0.529 bits per heavy atom. The van der Waals surface area contributed by atoms with Gasteiger partial charge in [0.1, 0.15) is 23.3 Å². The van der Waals surface area contributed by atoms with Crippen LogP contribution in [-0.4, -0.2) is 0 Å². The van der Waals surface area contributed by atoms with Crippen LogP contribution in [0, 0.1) is 30.4 Å². The summed E-state index contributed by atoms with van der Waals surface area (Å²) in [6, 6.07) is 6.25. The molecule has 0 saturated carbocycles. The van der Waals surface area contributed by atoms with Crippen molar-refractivity contribution in [2.24, 2.45) is 0 Å². The molecule has 0 N–H and O–H groups in total. The molecule has 2 aromatic rings. The van der Waals surface area contributed by atoms with Crippen LogP contribution < -0.4 is 21.2 Å². The zero-order valence-corrected chi connectivity index (χ0v) is 10.5. The summed E-state index contributed by atoms with van der Waals surface area (Å²) in [7, 11) is 0. The molecule has 0 aliphatic heterocycles. The van der Waals surface area contributed by atoms with E-state index in [4.69, 9.17) is 0 Å². The molecule has 0 heterocycles. The smallest absolute Gasteiger partial charge is 0.207 e. The van der Waals surface area contributed by atoms with Crippen LogP contribution in [0.5, 0.6) is 0 Å². The van der Waals surface area contributed by atoms with Gasteiger partial charge >= 0.3 is 21.2 Å². The highest BCUT2D eigenvalue weighted by Crippen LogP contribution is 2.02. The van der Waals surface area contributed by atoms with Gasteiger partial charge in [-0.05, 0) is 0 Å². The molecular formula is C12H6F4I+. The van der Waals surface area contributed by atoms with Crippen molar-refractivity contribution in [3.05, 3.63) is 66.8 Å². The lowest BCUT2D eigenvalue weighted by atomic mass is 10.3. The van der Waals surface area contributed by atoms with Gasteiger partial charge in [-0.2, -0.15) is 0 Å². The topological polar surface area (TPSA) is 0 Å². The second-order valence-corrected chi connectivity index (χ2v) is 6.30. The Labute approximate surface area is 106 Å². The van der Waals surface area contributed by atoms with Crippen LogP contribution in [-0.2, 0) is 0 Å². The fourth-order valence-electron chi connectivity index (χ4n) is 1.28. The van der Waals surface area contributed by atoms with Crippen LogP contribution >= 0.6 is 0 Å². The van der Waals surface area contributed by atoms with E-state index in [0.717, 1.165) is 12.1 Å². The first kappa shape index (κ1) is 12.3. The lowest BCUT2D eigenvalue weighted by molar-refractivity contribution is -0.598. The summed E-state index contributed by atoms with van der Waals surface area (Å²) in [5.41, 5.74) is 0. The summed E-state index contributed by atoms with van der Waals surface area (Å²) in [5.74, 6) is -2.73. The molecule has 0 aliphatic rings. The predicted octanol–water partition coefficient (Wildman–Crippen LogP) is 0.371. The fourth-order valence-corrected chi connectivity index (χ4v) is 3.81. The third-order valence-corrected chi connectivity index (χ3v) is 4.36. The second-order valence-electron chi connectivity index (χ2n) is 3.27. The maximum absolute atomic E-state index is 12.9. The van der Waals surface area contributed by atoms with Crippen LogP contribution in [0.1, 0.15) is 0 Å². The van der Waals surface area contributed by atoms with Crippen molar-refractivity contribution in [1.82, 2.24) is 0 Å². The van der Waals surface area contributed by atoms with E-state index in [2.05, 4.69) is 0 Å². The molecule has 0 unspecified atom stereocenters. The van der Waals surface area contributed by atoms with Crippen LogP contribution in [0.25, 0.3) is 0 Å². The first-order chi connectivity index (χ1) is 8.02. The maximum Gasteiger partial charge on any atom is 0.358 e. The molecule has 88 valence electrons. The SMILES string of the molecule is Fc1cc(F)cc([I+]c2cc(F)cc(F)c2)c1. The highest BCUT2D eigenvalue weighted by atomic mass is 127. The maximum atomic E-state index is 12.9. The van der Waals surface area contributed by atoms with Crippen molar-refractivity contribution in [2.75, 3.05) is 0 Å². The molecule has 0 atom stereocenters. The minimum absolute atomic E-state index is 0.436. The highest BCUT2D eigenvalue weighted by Gasteiger charge is 2.19. The zero-order valence-electron chi connectivity index (χ0n) is 8.35. The van der Waals surface area contributed by atoms with E-state index in [9.17, 15) is 17.6 Å². The second kappa shape index (κ2) is 5.03. The van der Waals surface area contributed by atoms with E-state index >= 15 is 0 Å². The van der Waals surface area contributed by atoms with Gasteiger partial charge in [-0.3, -0.25) is 0 Å². The van der Waals surface area contributed by atoms with E-state index in [1.165, 1.54) is 24.3 Å². The van der Waals surface area contributed by atoms with Crippen molar-refractivity contribution < 1.29 is 38.8 Å².